The van der Waals surface area contributed by atoms with E-state index in [-0.39, 0.29) is 40.7 Å². The Morgan fingerprint density at radius 2 is 1.82 bits per heavy atom. The molecule has 166 valence electrons. The largest absolute Gasteiger partial charge is 0.509 e. The Morgan fingerprint density at radius 3 is 2.48 bits per heavy atom. The summed E-state index contributed by atoms with van der Waals surface area (Å²) in [5.41, 5.74) is 3.46. The zero-order valence-electron chi connectivity index (χ0n) is 16.6. The number of carbonyl (C=O) groups excluding carboxylic acids is 1. The van der Waals surface area contributed by atoms with Crippen LogP contribution in [0.2, 0.25) is 0 Å². The van der Waals surface area contributed by atoms with Gasteiger partial charge in [0.15, 0.2) is 5.84 Å². The number of hydrogen-bond acceptors (Lipinski definition) is 9. The molecule has 12 nitrogen and oxygen atoms in total. The Labute approximate surface area is 189 Å². The number of non-ortho nitro benzene ring substituents is 2. The van der Waals surface area contributed by atoms with Crippen molar-refractivity contribution in [2.45, 2.75) is 0 Å². The average molecular weight is 466 g/mol. The summed E-state index contributed by atoms with van der Waals surface area (Å²) in [5, 5.41) is 43.6. The van der Waals surface area contributed by atoms with Crippen molar-refractivity contribution in [2.24, 2.45) is 0 Å². The van der Waals surface area contributed by atoms with Gasteiger partial charge >= 0.3 is 0 Å². The maximum Gasteiger partial charge on any atom is 0.270 e. The molecule has 33 heavy (non-hydrogen) atoms. The van der Waals surface area contributed by atoms with Gasteiger partial charge in [0, 0.05) is 40.8 Å². The number of nitro groups is 2. The lowest BCUT2D eigenvalue weighted by Gasteiger charge is -2.19. The van der Waals surface area contributed by atoms with Crippen LogP contribution in [0.5, 0.6) is 0 Å². The van der Waals surface area contributed by atoms with Gasteiger partial charge in [-0.1, -0.05) is 12.1 Å². The minimum Gasteiger partial charge on any atom is -0.509 e. The Kier molecular flexibility index (Phi) is 5.54. The molecule has 1 aliphatic rings. The molecule has 2 aromatic carbocycles. The number of benzene rings is 2. The Hall–Kier alpha value is -4.65. The van der Waals surface area contributed by atoms with Gasteiger partial charge in [-0.2, -0.15) is 0 Å². The quantitative estimate of drug-likeness (QED) is 0.365. The molecule has 0 saturated heterocycles. The normalized spacial score (nSPS) is 13.3. The summed E-state index contributed by atoms with van der Waals surface area (Å²) in [6, 6.07) is 10.9. The van der Waals surface area contributed by atoms with Crippen molar-refractivity contribution >= 4 is 40.0 Å². The molecular weight excluding hydrogens is 452 g/mol. The van der Waals surface area contributed by atoms with Crippen LogP contribution in [0, 0.1) is 25.6 Å². The standard InChI is InChI=1S/C20H14N6O6S/c21-18-17(20-22-15(10-33-20)12-2-1-3-14(8-12)26(31)32)16(27)9-24(18)23-19(28)11-4-6-13(7-5-11)25(29)30/h1-8,10,21,27H,9H2,(H,23,28). The highest BCUT2D eigenvalue weighted by atomic mass is 32.1. The van der Waals surface area contributed by atoms with E-state index in [1.807, 2.05) is 0 Å². The van der Waals surface area contributed by atoms with Crippen LogP contribution in [0.3, 0.4) is 0 Å². The zero-order valence-corrected chi connectivity index (χ0v) is 17.4. The minimum atomic E-state index is -0.611. The molecule has 0 aliphatic carbocycles. The van der Waals surface area contributed by atoms with E-state index in [0.29, 0.717) is 16.3 Å². The molecule has 0 spiro atoms. The van der Waals surface area contributed by atoms with Gasteiger partial charge in [-0.25, -0.2) is 4.98 Å². The van der Waals surface area contributed by atoms with Crippen molar-refractivity contribution < 1.29 is 19.7 Å². The number of hydrazine groups is 1. The van der Waals surface area contributed by atoms with E-state index in [1.54, 1.807) is 11.4 Å². The molecule has 0 bridgehead atoms. The Balaban J connectivity index is 1.50. The van der Waals surface area contributed by atoms with E-state index in [1.165, 1.54) is 42.5 Å². The molecule has 0 radical (unpaired) electrons. The highest BCUT2D eigenvalue weighted by Crippen LogP contribution is 2.32. The predicted molar refractivity (Wildman–Crippen MR) is 119 cm³/mol. The maximum absolute atomic E-state index is 12.5. The number of thiazole rings is 1. The number of aromatic nitrogens is 1. The summed E-state index contributed by atoms with van der Waals surface area (Å²) in [6.45, 7) is -0.168. The number of nitro benzene ring substituents is 2. The second-order valence-corrected chi connectivity index (χ2v) is 7.70. The monoisotopic (exact) mass is 466 g/mol. The summed E-state index contributed by atoms with van der Waals surface area (Å²) in [7, 11) is 0. The summed E-state index contributed by atoms with van der Waals surface area (Å²) < 4.78 is 0. The van der Waals surface area contributed by atoms with E-state index in [0.717, 1.165) is 16.3 Å². The number of rotatable bonds is 6. The fourth-order valence-electron chi connectivity index (χ4n) is 3.12. The number of nitrogens with zero attached hydrogens (tertiary/aromatic N) is 4. The van der Waals surface area contributed by atoms with Crippen LogP contribution in [-0.4, -0.2) is 43.2 Å². The topological polar surface area (TPSA) is 176 Å². The average Bonchev–Trinajstić information content (AvgIpc) is 3.38. The van der Waals surface area contributed by atoms with E-state index in [4.69, 9.17) is 5.41 Å². The SMILES string of the molecule is N=C1C(c2nc(-c3cccc([N+](=O)[O-])c3)cs2)=C(O)CN1NC(=O)c1ccc([N+](=O)[O-])cc1. The van der Waals surface area contributed by atoms with Gasteiger partial charge in [0.05, 0.1) is 27.7 Å². The van der Waals surface area contributed by atoms with Gasteiger partial charge in [0.25, 0.3) is 17.3 Å². The maximum atomic E-state index is 12.5. The van der Waals surface area contributed by atoms with Gasteiger partial charge in [-0.05, 0) is 12.1 Å². The smallest absolute Gasteiger partial charge is 0.270 e. The zero-order chi connectivity index (χ0) is 23.7. The van der Waals surface area contributed by atoms with Crippen LogP contribution in [0.4, 0.5) is 11.4 Å². The third-order valence-electron chi connectivity index (χ3n) is 4.75. The van der Waals surface area contributed by atoms with Gasteiger partial charge in [-0.3, -0.25) is 40.9 Å². The fraction of sp³-hybridized carbons (Fsp3) is 0.0500. The van der Waals surface area contributed by atoms with Crippen LogP contribution in [0.15, 0.2) is 59.7 Å². The summed E-state index contributed by atoms with van der Waals surface area (Å²) in [6.07, 6.45) is 0. The number of carbonyl (C=O) groups is 1. The number of nitrogens with one attached hydrogen (secondary N) is 2. The van der Waals surface area contributed by atoms with Gasteiger partial charge in [0.2, 0.25) is 0 Å². The first kappa shape index (κ1) is 21.6. The van der Waals surface area contributed by atoms with Gasteiger partial charge in [-0.15, -0.1) is 11.3 Å². The summed E-state index contributed by atoms with van der Waals surface area (Å²) >= 11 is 1.14. The first-order chi connectivity index (χ1) is 15.7. The highest BCUT2D eigenvalue weighted by molar-refractivity contribution is 7.11. The number of aliphatic hydroxyl groups excluding tert-OH is 1. The lowest BCUT2D eigenvalue weighted by atomic mass is 10.1. The number of hydrogen-bond donors (Lipinski definition) is 3. The van der Waals surface area contributed by atoms with Crippen LogP contribution in [0.25, 0.3) is 16.8 Å². The van der Waals surface area contributed by atoms with E-state index >= 15 is 0 Å². The molecule has 0 atom stereocenters. The van der Waals surface area contributed by atoms with Crippen molar-refractivity contribution in [3.63, 3.8) is 0 Å². The van der Waals surface area contributed by atoms with Gasteiger partial charge < -0.3 is 5.11 Å². The number of aliphatic hydroxyl groups is 1. The molecule has 0 fully saturated rings. The third kappa shape index (κ3) is 4.24. The molecule has 1 aliphatic heterocycles. The van der Waals surface area contributed by atoms with Gasteiger partial charge in [0.1, 0.15) is 10.8 Å². The third-order valence-corrected chi connectivity index (χ3v) is 5.61. The first-order valence-electron chi connectivity index (χ1n) is 9.29. The Morgan fingerprint density at radius 1 is 1.12 bits per heavy atom. The molecule has 2 heterocycles. The van der Waals surface area contributed by atoms with Crippen LogP contribution in [-0.2, 0) is 0 Å². The lowest BCUT2D eigenvalue weighted by molar-refractivity contribution is -0.385. The molecule has 1 amide bonds. The second kappa shape index (κ2) is 8.47. The summed E-state index contributed by atoms with van der Waals surface area (Å²) in [5.74, 6) is -0.980. The van der Waals surface area contributed by atoms with E-state index in [9.17, 15) is 30.1 Å². The molecule has 0 unspecified atom stereocenters. The van der Waals surface area contributed by atoms with Crippen molar-refractivity contribution in [1.29, 1.82) is 5.41 Å². The predicted octanol–water partition coefficient (Wildman–Crippen LogP) is 3.53. The summed E-state index contributed by atoms with van der Waals surface area (Å²) in [4.78, 5) is 37.5. The minimum absolute atomic E-state index is 0.0853. The van der Waals surface area contributed by atoms with E-state index in [2.05, 4.69) is 10.4 Å². The van der Waals surface area contributed by atoms with Crippen molar-refractivity contribution in [2.75, 3.05) is 6.54 Å². The second-order valence-electron chi connectivity index (χ2n) is 6.85. The molecule has 4 rings (SSSR count). The van der Waals surface area contributed by atoms with Crippen molar-refractivity contribution in [1.82, 2.24) is 15.4 Å². The number of amidine groups is 1. The van der Waals surface area contributed by atoms with Crippen LogP contribution < -0.4 is 5.43 Å². The van der Waals surface area contributed by atoms with Crippen LogP contribution >= 0.6 is 11.3 Å². The fourth-order valence-corrected chi connectivity index (χ4v) is 4.02. The Bertz CT molecular complexity index is 1330. The molecule has 1 aromatic heterocycles. The van der Waals surface area contributed by atoms with Crippen molar-refractivity contribution in [3.05, 3.63) is 90.5 Å². The molecule has 13 heteroatoms. The van der Waals surface area contributed by atoms with E-state index < -0.39 is 15.8 Å². The molecule has 3 N–H and O–H groups in total. The first-order valence-corrected chi connectivity index (χ1v) is 10.2. The van der Waals surface area contributed by atoms with Crippen molar-refractivity contribution in [3.8, 4) is 11.3 Å². The molecule has 0 saturated carbocycles. The molecular formula is C20H14N6O6S. The highest BCUT2D eigenvalue weighted by Gasteiger charge is 2.32. The number of amides is 1. The molecule has 3 aromatic rings. The lowest BCUT2D eigenvalue weighted by Crippen LogP contribution is -2.43. The van der Waals surface area contributed by atoms with Crippen LogP contribution in [0.1, 0.15) is 15.4 Å².